The van der Waals surface area contributed by atoms with Gasteiger partial charge in [0.1, 0.15) is 5.75 Å². The van der Waals surface area contributed by atoms with Crippen LogP contribution in [0.3, 0.4) is 0 Å². The number of alkyl halides is 1. The van der Waals surface area contributed by atoms with Crippen molar-refractivity contribution in [2.45, 2.75) is 38.1 Å². The molecule has 0 aromatic heterocycles. The van der Waals surface area contributed by atoms with Crippen molar-refractivity contribution in [2.24, 2.45) is 0 Å². The number of rotatable bonds is 6. The van der Waals surface area contributed by atoms with E-state index in [9.17, 15) is 4.79 Å². The molecular weight excluding hydrogens is 274 g/mol. The molecule has 4 heteroatoms. The zero-order chi connectivity index (χ0) is 14.4. The number of benzene rings is 1. The summed E-state index contributed by atoms with van der Waals surface area (Å²) in [7, 11) is 1.67. The van der Waals surface area contributed by atoms with Gasteiger partial charge in [-0.2, -0.15) is 0 Å². The number of unbranched alkanes of at least 4 members (excludes halogenated alkanes) is 1. The second kappa shape index (κ2) is 7.53. The molecule has 0 bridgehead atoms. The summed E-state index contributed by atoms with van der Waals surface area (Å²) in [6, 6.07) is 8.24. The lowest BCUT2D eigenvalue weighted by molar-refractivity contribution is -0.132. The second-order valence-electron chi connectivity index (χ2n) is 5.17. The van der Waals surface area contributed by atoms with Crippen molar-refractivity contribution >= 4 is 17.5 Å². The first kappa shape index (κ1) is 15.2. The molecule has 3 nitrogen and oxygen atoms in total. The van der Waals surface area contributed by atoms with Gasteiger partial charge in [-0.25, -0.2) is 0 Å². The third-order valence-electron chi connectivity index (χ3n) is 3.83. The normalized spacial score (nSPS) is 18.3. The molecular formula is C16H22ClNO2. The van der Waals surface area contributed by atoms with Crippen LogP contribution in [0.25, 0.3) is 0 Å². The smallest absolute Gasteiger partial charge is 0.223 e. The van der Waals surface area contributed by atoms with Crippen molar-refractivity contribution in [2.75, 3.05) is 19.5 Å². The van der Waals surface area contributed by atoms with Crippen molar-refractivity contribution in [1.29, 1.82) is 0 Å². The maximum absolute atomic E-state index is 12.3. The van der Waals surface area contributed by atoms with E-state index in [1.807, 2.05) is 23.1 Å². The molecule has 1 atom stereocenters. The largest absolute Gasteiger partial charge is 0.497 e. The highest BCUT2D eigenvalue weighted by Gasteiger charge is 2.29. The highest BCUT2D eigenvalue weighted by atomic mass is 35.5. The third kappa shape index (κ3) is 3.66. The van der Waals surface area contributed by atoms with Gasteiger partial charge in [-0.1, -0.05) is 12.1 Å². The Bertz CT molecular complexity index is 450. The molecule has 1 aliphatic rings. The quantitative estimate of drug-likeness (QED) is 0.590. The van der Waals surface area contributed by atoms with E-state index in [4.69, 9.17) is 16.3 Å². The molecule has 1 saturated heterocycles. The third-order valence-corrected chi connectivity index (χ3v) is 4.09. The Kier molecular flexibility index (Phi) is 5.72. The molecule has 110 valence electrons. The van der Waals surface area contributed by atoms with E-state index in [1.165, 1.54) is 5.56 Å². The van der Waals surface area contributed by atoms with E-state index >= 15 is 0 Å². The van der Waals surface area contributed by atoms with Gasteiger partial charge in [0.2, 0.25) is 5.91 Å². The summed E-state index contributed by atoms with van der Waals surface area (Å²) < 4.78 is 5.27. The topological polar surface area (TPSA) is 29.5 Å². The Morgan fingerprint density at radius 1 is 1.45 bits per heavy atom. The van der Waals surface area contributed by atoms with Crippen molar-refractivity contribution in [1.82, 2.24) is 4.90 Å². The van der Waals surface area contributed by atoms with Crippen molar-refractivity contribution in [3.63, 3.8) is 0 Å². The Morgan fingerprint density at radius 3 is 3.05 bits per heavy atom. The van der Waals surface area contributed by atoms with Crippen LogP contribution >= 0.6 is 11.6 Å². The second-order valence-corrected chi connectivity index (χ2v) is 5.55. The number of amides is 1. The number of ether oxygens (including phenoxy) is 1. The maximum Gasteiger partial charge on any atom is 0.223 e. The molecule has 1 unspecified atom stereocenters. The number of carbonyl (C=O) groups is 1. The summed E-state index contributed by atoms with van der Waals surface area (Å²) in [4.78, 5) is 14.3. The van der Waals surface area contributed by atoms with Crippen LogP contribution in [-0.4, -0.2) is 30.3 Å². The zero-order valence-corrected chi connectivity index (χ0v) is 12.7. The Morgan fingerprint density at radius 2 is 2.30 bits per heavy atom. The average Bonchev–Trinajstić information content (AvgIpc) is 2.97. The lowest BCUT2D eigenvalue weighted by Gasteiger charge is -2.25. The summed E-state index contributed by atoms with van der Waals surface area (Å²) >= 11 is 5.66. The van der Waals surface area contributed by atoms with Gasteiger partial charge in [0.15, 0.2) is 0 Å². The monoisotopic (exact) mass is 295 g/mol. The summed E-state index contributed by atoms with van der Waals surface area (Å²) in [6.07, 6.45) is 4.50. The highest BCUT2D eigenvalue weighted by molar-refractivity contribution is 6.17. The van der Waals surface area contributed by atoms with Gasteiger partial charge in [-0.15, -0.1) is 11.6 Å². The average molecular weight is 296 g/mol. The van der Waals surface area contributed by atoms with Gasteiger partial charge in [0.25, 0.3) is 0 Å². The van der Waals surface area contributed by atoms with Crippen LogP contribution in [0.5, 0.6) is 5.75 Å². The van der Waals surface area contributed by atoms with Crippen LogP contribution in [0.4, 0.5) is 0 Å². The first-order valence-electron chi connectivity index (χ1n) is 7.25. The molecule has 0 N–H and O–H groups in total. The first-order valence-corrected chi connectivity index (χ1v) is 7.79. The maximum atomic E-state index is 12.3. The van der Waals surface area contributed by atoms with E-state index in [0.29, 0.717) is 12.3 Å². The van der Waals surface area contributed by atoms with Crippen LogP contribution in [0, 0.1) is 0 Å². The number of carbonyl (C=O) groups excluding carboxylic acids is 1. The van der Waals surface area contributed by atoms with Gasteiger partial charge >= 0.3 is 0 Å². The summed E-state index contributed by atoms with van der Waals surface area (Å²) in [6.45, 7) is 0.863. The fourth-order valence-electron chi connectivity index (χ4n) is 2.77. The number of halogens is 1. The number of methoxy groups -OCH3 is 1. The zero-order valence-electron chi connectivity index (χ0n) is 12.0. The fraction of sp³-hybridized carbons (Fsp3) is 0.562. The number of likely N-dealkylation sites (tertiary alicyclic amines) is 1. The number of nitrogens with zero attached hydrogens (tertiary/aromatic N) is 1. The SMILES string of the molecule is COc1cccc(C2CCCN2C(=O)CCCCCl)c1. The van der Waals surface area contributed by atoms with Crippen LogP contribution in [0.15, 0.2) is 24.3 Å². The van der Waals surface area contributed by atoms with Gasteiger partial charge in [0, 0.05) is 18.8 Å². The molecule has 0 saturated carbocycles. The molecule has 1 aromatic rings. The van der Waals surface area contributed by atoms with Crippen molar-refractivity contribution in [3.8, 4) is 5.75 Å². The molecule has 1 aromatic carbocycles. The van der Waals surface area contributed by atoms with Gasteiger partial charge in [-0.3, -0.25) is 4.79 Å². The molecule has 0 spiro atoms. The molecule has 0 aliphatic carbocycles. The van der Waals surface area contributed by atoms with E-state index in [1.54, 1.807) is 7.11 Å². The minimum atomic E-state index is 0.202. The molecule has 1 fully saturated rings. The van der Waals surface area contributed by atoms with E-state index < -0.39 is 0 Å². The summed E-state index contributed by atoms with van der Waals surface area (Å²) in [5.74, 6) is 1.73. The van der Waals surface area contributed by atoms with E-state index in [0.717, 1.165) is 38.0 Å². The predicted molar refractivity (Wildman–Crippen MR) is 81.3 cm³/mol. The molecule has 20 heavy (non-hydrogen) atoms. The minimum absolute atomic E-state index is 0.202. The highest BCUT2D eigenvalue weighted by Crippen LogP contribution is 2.34. The Hall–Kier alpha value is -1.22. The molecule has 1 heterocycles. The van der Waals surface area contributed by atoms with Crippen LogP contribution in [-0.2, 0) is 4.79 Å². The van der Waals surface area contributed by atoms with E-state index in [2.05, 4.69) is 6.07 Å². The first-order chi connectivity index (χ1) is 9.76. The minimum Gasteiger partial charge on any atom is -0.497 e. The standard InChI is InChI=1S/C16H22ClNO2/c1-20-14-7-4-6-13(12-14)15-8-5-11-18(15)16(19)9-2-3-10-17/h4,6-7,12,15H,2-3,5,8-11H2,1H3. The molecule has 1 aliphatic heterocycles. The summed E-state index contributed by atoms with van der Waals surface area (Å²) in [5.41, 5.74) is 1.17. The van der Waals surface area contributed by atoms with Crippen LogP contribution in [0.1, 0.15) is 43.7 Å². The van der Waals surface area contributed by atoms with E-state index in [-0.39, 0.29) is 11.9 Å². The Labute approximate surface area is 125 Å². The van der Waals surface area contributed by atoms with Gasteiger partial charge < -0.3 is 9.64 Å². The summed E-state index contributed by atoms with van der Waals surface area (Å²) in [5, 5.41) is 0. The van der Waals surface area contributed by atoms with Crippen molar-refractivity contribution in [3.05, 3.63) is 29.8 Å². The Balaban J connectivity index is 2.04. The van der Waals surface area contributed by atoms with Gasteiger partial charge in [0.05, 0.1) is 13.2 Å². The van der Waals surface area contributed by atoms with Crippen LogP contribution < -0.4 is 4.74 Å². The molecule has 1 amide bonds. The van der Waals surface area contributed by atoms with Crippen molar-refractivity contribution < 1.29 is 9.53 Å². The number of hydrogen-bond donors (Lipinski definition) is 0. The number of hydrogen-bond acceptors (Lipinski definition) is 2. The molecule has 2 rings (SSSR count). The fourth-order valence-corrected chi connectivity index (χ4v) is 2.96. The lowest BCUT2D eigenvalue weighted by Crippen LogP contribution is -2.30. The lowest BCUT2D eigenvalue weighted by atomic mass is 10.0. The van der Waals surface area contributed by atoms with Gasteiger partial charge in [-0.05, 0) is 43.4 Å². The molecule has 0 radical (unpaired) electrons. The predicted octanol–water partition coefficient (Wildman–Crippen LogP) is 3.77. The van der Waals surface area contributed by atoms with Crippen LogP contribution in [0.2, 0.25) is 0 Å².